The van der Waals surface area contributed by atoms with Crippen molar-refractivity contribution in [1.29, 1.82) is 0 Å². The molecule has 0 saturated heterocycles. The fraction of sp³-hybridized carbons (Fsp3) is 0.182. The minimum absolute atomic E-state index is 0.0939. The molecule has 3 aromatic rings. The monoisotopic (exact) mass is 408 g/mol. The van der Waals surface area contributed by atoms with E-state index in [2.05, 4.69) is 4.74 Å². The Kier molecular flexibility index (Phi) is 4.56. The Balaban J connectivity index is 1.76. The number of rotatable bonds is 3. The molecule has 0 atom stereocenters. The maximum atomic E-state index is 15.2. The highest BCUT2D eigenvalue weighted by Crippen LogP contribution is 2.42. The highest BCUT2D eigenvalue weighted by molar-refractivity contribution is 5.81. The van der Waals surface area contributed by atoms with Crippen LogP contribution in [0.2, 0.25) is 0 Å². The molecule has 3 aromatic carbocycles. The summed E-state index contributed by atoms with van der Waals surface area (Å²) in [6, 6.07) is 10.2. The summed E-state index contributed by atoms with van der Waals surface area (Å²) < 4.78 is 83.6. The van der Waals surface area contributed by atoms with Crippen molar-refractivity contribution in [2.24, 2.45) is 0 Å². The third kappa shape index (κ3) is 3.45. The molecule has 150 valence electrons. The van der Waals surface area contributed by atoms with E-state index in [9.17, 15) is 22.0 Å². The van der Waals surface area contributed by atoms with Crippen molar-refractivity contribution < 1.29 is 31.1 Å². The molecule has 0 saturated carbocycles. The molecule has 29 heavy (non-hydrogen) atoms. The Hall–Kier alpha value is -2.96. The van der Waals surface area contributed by atoms with Crippen LogP contribution in [0, 0.1) is 17.5 Å². The van der Waals surface area contributed by atoms with E-state index in [4.69, 9.17) is 0 Å². The van der Waals surface area contributed by atoms with Gasteiger partial charge in [0.25, 0.3) is 0 Å². The Morgan fingerprint density at radius 2 is 1.48 bits per heavy atom. The van der Waals surface area contributed by atoms with Crippen LogP contribution >= 0.6 is 0 Å². The molecule has 7 heteroatoms. The molecule has 0 radical (unpaired) electrons. The van der Waals surface area contributed by atoms with Crippen molar-refractivity contribution >= 4 is 0 Å². The van der Waals surface area contributed by atoms with E-state index < -0.39 is 29.6 Å². The second-order valence-electron chi connectivity index (χ2n) is 6.79. The van der Waals surface area contributed by atoms with Crippen molar-refractivity contribution in [3.8, 4) is 28.0 Å². The van der Waals surface area contributed by atoms with E-state index in [0.717, 1.165) is 23.1 Å². The zero-order valence-electron chi connectivity index (χ0n) is 15.1. The molecule has 0 aromatic heterocycles. The molecule has 1 aliphatic carbocycles. The normalized spacial score (nSPS) is 12.7. The highest BCUT2D eigenvalue weighted by Gasteiger charge is 2.34. The number of fused-ring (bicyclic) bond motifs is 3. The number of halogens is 6. The van der Waals surface area contributed by atoms with Gasteiger partial charge < -0.3 is 4.74 Å². The van der Waals surface area contributed by atoms with Crippen LogP contribution in [-0.4, -0.2) is 6.36 Å². The molecule has 0 N–H and O–H groups in total. The van der Waals surface area contributed by atoms with E-state index >= 15 is 4.39 Å². The largest absolute Gasteiger partial charge is 0.573 e. The maximum Gasteiger partial charge on any atom is 0.573 e. The average molecular weight is 408 g/mol. The Bertz CT molecular complexity index is 1090. The Morgan fingerprint density at radius 3 is 2.10 bits per heavy atom. The predicted molar refractivity (Wildman–Crippen MR) is 96.1 cm³/mol. The number of hydrogen-bond acceptors (Lipinski definition) is 1. The second kappa shape index (κ2) is 6.83. The molecule has 1 aliphatic rings. The van der Waals surface area contributed by atoms with Gasteiger partial charge in [-0.25, -0.2) is 13.2 Å². The molecule has 0 fully saturated rings. The summed E-state index contributed by atoms with van der Waals surface area (Å²) in [6.07, 6.45) is -4.08. The molecule has 4 rings (SSSR count). The van der Waals surface area contributed by atoms with Crippen LogP contribution in [0.5, 0.6) is 5.75 Å². The Labute approximate surface area is 162 Å². The first-order valence-corrected chi connectivity index (χ1v) is 8.86. The zero-order chi connectivity index (χ0) is 20.9. The SMILES string of the molecule is CCc1ccc2c(c1)Cc1c-2ccc(-c2cc(F)c(OC(F)(F)F)c(F)c2)c1F. The van der Waals surface area contributed by atoms with Gasteiger partial charge in [-0.15, -0.1) is 13.2 Å². The molecule has 1 nitrogen and oxygen atoms in total. The molecule has 0 heterocycles. The standard InChI is InChI=1S/C22H14F6O/c1-2-11-3-4-14-12(7-11)8-17-16(14)6-5-15(20(17)25)13-9-18(23)21(19(24)10-13)29-22(26,27)28/h3-7,9-10H,2,8H2,1H3. The minimum Gasteiger partial charge on any atom is -0.399 e. The molecule has 0 spiro atoms. The van der Waals surface area contributed by atoms with Crippen LogP contribution in [0.15, 0.2) is 42.5 Å². The molecular weight excluding hydrogens is 394 g/mol. The van der Waals surface area contributed by atoms with Gasteiger partial charge in [0.05, 0.1) is 0 Å². The lowest BCUT2D eigenvalue weighted by Crippen LogP contribution is -2.19. The summed E-state index contributed by atoms with van der Waals surface area (Å²) in [4.78, 5) is 0. The highest BCUT2D eigenvalue weighted by atomic mass is 19.4. The number of alkyl halides is 3. The van der Waals surface area contributed by atoms with E-state index in [1.807, 2.05) is 25.1 Å². The lowest BCUT2D eigenvalue weighted by Gasteiger charge is -2.13. The van der Waals surface area contributed by atoms with Gasteiger partial charge in [0.2, 0.25) is 5.75 Å². The van der Waals surface area contributed by atoms with Crippen LogP contribution in [0.4, 0.5) is 26.3 Å². The second-order valence-corrected chi connectivity index (χ2v) is 6.79. The van der Waals surface area contributed by atoms with E-state index in [1.54, 1.807) is 6.07 Å². The summed E-state index contributed by atoms with van der Waals surface area (Å²) in [5, 5.41) is 0. The molecular formula is C22H14F6O. The van der Waals surface area contributed by atoms with Gasteiger partial charge in [-0.1, -0.05) is 37.3 Å². The summed E-state index contributed by atoms with van der Waals surface area (Å²) >= 11 is 0. The smallest absolute Gasteiger partial charge is 0.399 e. The Morgan fingerprint density at radius 1 is 0.862 bits per heavy atom. The molecule has 0 aliphatic heterocycles. The summed E-state index contributed by atoms with van der Waals surface area (Å²) in [7, 11) is 0. The first-order valence-electron chi connectivity index (χ1n) is 8.86. The van der Waals surface area contributed by atoms with Gasteiger partial charge in [0, 0.05) is 17.5 Å². The molecule has 0 bridgehead atoms. The molecule has 0 unspecified atom stereocenters. The van der Waals surface area contributed by atoms with Crippen molar-refractivity contribution in [1.82, 2.24) is 0 Å². The van der Waals surface area contributed by atoms with E-state index in [0.29, 0.717) is 29.7 Å². The zero-order valence-corrected chi connectivity index (χ0v) is 15.1. The van der Waals surface area contributed by atoms with Crippen LogP contribution < -0.4 is 4.74 Å². The van der Waals surface area contributed by atoms with Gasteiger partial charge in [-0.05, 0) is 46.4 Å². The first kappa shape index (κ1) is 19.4. The number of benzene rings is 3. The quantitative estimate of drug-likeness (QED) is 0.339. The van der Waals surface area contributed by atoms with Crippen molar-refractivity contribution in [3.63, 3.8) is 0 Å². The predicted octanol–water partition coefficient (Wildman–Crippen LogP) is 6.80. The number of aryl methyl sites for hydroxylation is 1. The fourth-order valence-electron chi connectivity index (χ4n) is 3.66. The van der Waals surface area contributed by atoms with Gasteiger partial charge >= 0.3 is 6.36 Å². The summed E-state index contributed by atoms with van der Waals surface area (Å²) in [5.74, 6) is -5.34. The van der Waals surface area contributed by atoms with Crippen molar-refractivity contribution in [2.45, 2.75) is 26.1 Å². The van der Waals surface area contributed by atoms with Crippen molar-refractivity contribution in [2.75, 3.05) is 0 Å². The summed E-state index contributed by atoms with van der Waals surface area (Å²) in [5.41, 5.74) is 3.75. The fourth-order valence-corrected chi connectivity index (χ4v) is 3.66. The van der Waals surface area contributed by atoms with Crippen molar-refractivity contribution in [3.05, 3.63) is 76.6 Å². The summed E-state index contributed by atoms with van der Waals surface area (Å²) in [6.45, 7) is 2.01. The van der Waals surface area contributed by atoms with Gasteiger partial charge in [0.1, 0.15) is 5.82 Å². The number of ether oxygens (including phenoxy) is 1. The van der Waals surface area contributed by atoms with Crippen LogP contribution in [0.25, 0.3) is 22.3 Å². The van der Waals surface area contributed by atoms with Crippen LogP contribution in [0.1, 0.15) is 23.6 Å². The van der Waals surface area contributed by atoms with E-state index in [-0.39, 0.29) is 11.1 Å². The lowest BCUT2D eigenvalue weighted by atomic mass is 9.97. The topological polar surface area (TPSA) is 9.23 Å². The van der Waals surface area contributed by atoms with Gasteiger partial charge in [0.15, 0.2) is 11.6 Å². The molecule has 0 amide bonds. The van der Waals surface area contributed by atoms with Crippen LogP contribution in [-0.2, 0) is 12.8 Å². The van der Waals surface area contributed by atoms with Gasteiger partial charge in [-0.2, -0.15) is 0 Å². The third-order valence-electron chi connectivity index (χ3n) is 5.01. The average Bonchev–Trinajstić information content (AvgIpc) is 3.03. The lowest BCUT2D eigenvalue weighted by molar-refractivity contribution is -0.276. The number of hydrogen-bond donors (Lipinski definition) is 0. The first-order chi connectivity index (χ1) is 13.7. The van der Waals surface area contributed by atoms with E-state index in [1.165, 1.54) is 6.07 Å². The minimum atomic E-state index is -5.24. The third-order valence-corrected chi connectivity index (χ3v) is 5.01. The maximum absolute atomic E-state index is 15.2. The van der Waals surface area contributed by atoms with Gasteiger partial charge in [-0.3, -0.25) is 0 Å². The van der Waals surface area contributed by atoms with Crippen LogP contribution in [0.3, 0.4) is 0 Å².